The first-order valence-corrected chi connectivity index (χ1v) is 7.24. The van der Waals surface area contributed by atoms with Crippen LogP contribution in [-0.2, 0) is 0 Å². The predicted octanol–water partition coefficient (Wildman–Crippen LogP) is 3.15. The Balaban J connectivity index is 1.96. The zero-order valence-electron chi connectivity index (χ0n) is 10.7. The van der Waals surface area contributed by atoms with Gasteiger partial charge in [0.1, 0.15) is 5.82 Å². The maximum absolute atomic E-state index is 8.88. The van der Waals surface area contributed by atoms with E-state index in [1.165, 1.54) is 24.6 Å². The number of hydrogen-bond acceptors (Lipinski definition) is 4. The van der Waals surface area contributed by atoms with Crippen LogP contribution in [0.3, 0.4) is 0 Å². The molecule has 0 saturated heterocycles. The lowest BCUT2D eigenvalue weighted by Crippen LogP contribution is -2.01. The third kappa shape index (κ3) is 2.64. The van der Waals surface area contributed by atoms with Crippen molar-refractivity contribution in [3.63, 3.8) is 0 Å². The van der Waals surface area contributed by atoms with Gasteiger partial charge in [-0.2, -0.15) is 5.26 Å². The Morgan fingerprint density at radius 3 is 2.74 bits per heavy atom. The van der Waals surface area contributed by atoms with Crippen LogP contribution in [0.15, 0.2) is 35.5 Å². The number of hydrogen-bond donors (Lipinski definition) is 0. The molecule has 5 heteroatoms. The molecule has 0 aliphatic heterocycles. The van der Waals surface area contributed by atoms with Crippen molar-refractivity contribution in [3.05, 3.63) is 36.2 Å². The molecule has 0 radical (unpaired) electrons. The van der Waals surface area contributed by atoms with Crippen LogP contribution in [0.2, 0.25) is 0 Å². The van der Waals surface area contributed by atoms with E-state index in [1.54, 1.807) is 0 Å². The molecule has 3 rings (SSSR count). The maximum Gasteiger partial charge on any atom is 0.210 e. The van der Waals surface area contributed by atoms with Crippen LogP contribution in [-0.4, -0.2) is 20.0 Å². The number of thioether (sulfide) groups is 1. The first kappa shape index (κ1) is 12.2. The van der Waals surface area contributed by atoms with E-state index in [0.717, 1.165) is 11.5 Å². The summed E-state index contributed by atoms with van der Waals surface area (Å²) in [6.45, 7) is 1.87. The van der Waals surface area contributed by atoms with Crippen molar-refractivity contribution >= 4 is 11.8 Å². The first-order chi connectivity index (χ1) is 9.28. The van der Waals surface area contributed by atoms with Gasteiger partial charge in [-0.1, -0.05) is 30.0 Å². The van der Waals surface area contributed by atoms with E-state index in [0.29, 0.717) is 11.1 Å². The predicted molar refractivity (Wildman–Crippen MR) is 74.3 cm³/mol. The molecule has 0 spiro atoms. The van der Waals surface area contributed by atoms with Gasteiger partial charge in [0.05, 0.1) is 17.0 Å². The van der Waals surface area contributed by atoms with Crippen molar-refractivity contribution in [1.82, 2.24) is 14.8 Å². The van der Waals surface area contributed by atoms with Crippen LogP contribution >= 0.6 is 11.8 Å². The summed E-state index contributed by atoms with van der Waals surface area (Å²) in [6.07, 6.45) is 2.37. The Bertz CT molecular complexity index is 610. The molecule has 0 N–H and O–H groups in total. The quantitative estimate of drug-likeness (QED) is 0.801. The summed E-state index contributed by atoms with van der Waals surface area (Å²) in [7, 11) is 0. The average molecular weight is 270 g/mol. The number of nitrogens with zero attached hydrogens (tertiary/aromatic N) is 4. The van der Waals surface area contributed by atoms with E-state index in [1.807, 2.05) is 41.9 Å². The number of rotatable bonds is 4. The van der Waals surface area contributed by atoms with E-state index in [9.17, 15) is 0 Å². The lowest BCUT2D eigenvalue weighted by Gasteiger charge is -2.03. The van der Waals surface area contributed by atoms with E-state index in [4.69, 9.17) is 5.26 Å². The molecule has 1 aliphatic carbocycles. The van der Waals surface area contributed by atoms with Crippen molar-refractivity contribution in [3.8, 4) is 11.8 Å². The molecule has 1 aromatic heterocycles. The number of nitriles is 1. The van der Waals surface area contributed by atoms with Crippen LogP contribution in [0.1, 0.15) is 31.5 Å². The molecule has 96 valence electrons. The van der Waals surface area contributed by atoms with Gasteiger partial charge in [0.25, 0.3) is 0 Å². The highest BCUT2D eigenvalue weighted by molar-refractivity contribution is 7.99. The summed E-state index contributed by atoms with van der Waals surface area (Å²) in [5, 5.41) is 14.0. The Labute approximate surface area is 116 Å². The molecule has 19 heavy (non-hydrogen) atoms. The molecule has 0 amide bonds. The highest BCUT2D eigenvalue weighted by atomic mass is 32.2. The molecular formula is C14H14N4S. The van der Waals surface area contributed by atoms with Gasteiger partial charge in [0.15, 0.2) is 0 Å². The number of aromatic nitrogens is 3. The fourth-order valence-corrected chi connectivity index (χ4v) is 2.55. The highest BCUT2D eigenvalue weighted by Crippen LogP contribution is 2.40. The van der Waals surface area contributed by atoms with Gasteiger partial charge in [-0.25, -0.2) is 9.67 Å². The molecule has 1 saturated carbocycles. The van der Waals surface area contributed by atoms with E-state index in [-0.39, 0.29) is 5.25 Å². The highest BCUT2D eigenvalue weighted by Gasteiger charge is 2.30. The molecule has 1 aromatic carbocycles. The van der Waals surface area contributed by atoms with Crippen LogP contribution in [0, 0.1) is 11.3 Å². The summed E-state index contributed by atoms with van der Waals surface area (Å²) >= 11 is 1.41. The second kappa shape index (κ2) is 5.06. The van der Waals surface area contributed by atoms with Gasteiger partial charge in [-0.3, -0.25) is 0 Å². The van der Waals surface area contributed by atoms with Crippen molar-refractivity contribution < 1.29 is 0 Å². The minimum atomic E-state index is -0.126. The van der Waals surface area contributed by atoms with E-state index >= 15 is 0 Å². The standard InChI is InChI=1S/C14H14N4S/c1-10(9-15)19-14-16-13(11-7-8-11)18(17-14)12-5-3-2-4-6-12/h2-6,10-11H,7-8H2,1H3. The summed E-state index contributed by atoms with van der Waals surface area (Å²) < 4.78 is 1.92. The number of benzene rings is 1. The van der Waals surface area contributed by atoms with Crippen LogP contribution in [0.4, 0.5) is 0 Å². The fourth-order valence-electron chi connectivity index (χ4n) is 1.90. The SMILES string of the molecule is CC(C#N)Sc1nc(C2CC2)n(-c2ccccc2)n1. The minimum absolute atomic E-state index is 0.126. The van der Waals surface area contributed by atoms with Crippen LogP contribution in [0.5, 0.6) is 0 Å². The van der Waals surface area contributed by atoms with Crippen molar-refractivity contribution in [2.45, 2.75) is 36.1 Å². The summed E-state index contributed by atoms with van der Waals surface area (Å²) in [5.74, 6) is 1.55. The second-order valence-corrected chi connectivity index (χ2v) is 5.97. The summed E-state index contributed by atoms with van der Waals surface area (Å²) in [6, 6.07) is 12.2. The smallest absolute Gasteiger partial charge is 0.210 e. The fraction of sp³-hybridized carbons (Fsp3) is 0.357. The average Bonchev–Trinajstić information content (AvgIpc) is 3.21. The minimum Gasteiger partial charge on any atom is -0.216 e. The molecule has 0 bridgehead atoms. The second-order valence-electron chi connectivity index (χ2n) is 4.66. The topological polar surface area (TPSA) is 54.5 Å². The molecule has 1 fully saturated rings. The van der Waals surface area contributed by atoms with Crippen LogP contribution < -0.4 is 0 Å². The molecule has 1 unspecified atom stereocenters. The largest absolute Gasteiger partial charge is 0.216 e. The van der Waals surface area contributed by atoms with Crippen molar-refractivity contribution in [2.24, 2.45) is 0 Å². The zero-order valence-corrected chi connectivity index (χ0v) is 11.5. The Morgan fingerprint density at radius 2 is 2.11 bits per heavy atom. The normalized spacial score (nSPS) is 16.0. The van der Waals surface area contributed by atoms with Gasteiger partial charge < -0.3 is 0 Å². The van der Waals surface area contributed by atoms with Gasteiger partial charge in [-0.05, 0) is 31.9 Å². The van der Waals surface area contributed by atoms with Gasteiger partial charge in [-0.15, -0.1) is 5.10 Å². The van der Waals surface area contributed by atoms with E-state index in [2.05, 4.69) is 16.2 Å². The summed E-state index contributed by atoms with van der Waals surface area (Å²) in [4.78, 5) is 4.60. The zero-order chi connectivity index (χ0) is 13.2. The van der Waals surface area contributed by atoms with Crippen molar-refractivity contribution in [2.75, 3.05) is 0 Å². The Hall–Kier alpha value is -1.80. The third-order valence-electron chi connectivity index (χ3n) is 3.02. The van der Waals surface area contributed by atoms with E-state index < -0.39 is 0 Å². The third-order valence-corrected chi connectivity index (χ3v) is 3.86. The molecule has 4 nitrogen and oxygen atoms in total. The first-order valence-electron chi connectivity index (χ1n) is 6.36. The molecule has 1 atom stereocenters. The lowest BCUT2D eigenvalue weighted by atomic mass is 10.3. The van der Waals surface area contributed by atoms with Crippen LogP contribution in [0.25, 0.3) is 5.69 Å². The van der Waals surface area contributed by atoms with Crippen molar-refractivity contribution in [1.29, 1.82) is 5.26 Å². The molecule has 1 aliphatic rings. The van der Waals surface area contributed by atoms with Gasteiger partial charge in [0, 0.05) is 5.92 Å². The Kier molecular flexibility index (Phi) is 3.26. The summed E-state index contributed by atoms with van der Waals surface area (Å²) in [5.41, 5.74) is 1.04. The molecule has 1 heterocycles. The Morgan fingerprint density at radius 1 is 1.37 bits per heavy atom. The maximum atomic E-state index is 8.88. The monoisotopic (exact) mass is 270 g/mol. The van der Waals surface area contributed by atoms with Gasteiger partial charge in [0.2, 0.25) is 5.16 Å². The lowest BCUT2D eigenvalue weighted by molar-refractivity contribution is 0.782. The number of para-hydroxylation sites is 1. The van der Waals surface area contributed by atoms with Gasteiger partial charge >= 0.3 is 0 Å². The molecular weight excluding hydrogens is 256 g/mol. The molecule has 2 aromatic rings.